The molecule has 1 atom stereocenters. The normalized spacial score (nSPS) is 11.2. The van der Waals surface area contributed by atoms with Crippen LogP contribution in [0.3, 0.4) is 0 Å². The minimum Gasteiger partial charge on any atom is -0.368 e. The van der Waals surface area contributed by atoms with Crippen molar-refractivity contribution in [1.29, 1.82) is 0 Å². The van der Waals surface area contributed by atoms with E-state index in [1.54, 1.807) is 12.1 Å². The molecule has 2 heteroatoms. The molecule has 0 saturated carbocycles. The van der Waals surface area contributed by atoms with E-state index in [-0.39, 0.29) is 11.9 Å². The van der Waals surface area contributed by atoms with E-state index in [1.807, 2.05) is 60.7 Å². The van der Waals surface area contributed by atoms with Crippen molar-refractivity contribution < 1.29 is 4.39 Å². The lowest BCUT2D eigenvalue weighted by molar-refractivity contribution is 0.627. The van der Waals surface area contributed by atoms with Gasteiger partial charge in [-0.3, -0.25) is 0 Å². The van der Waals surface area contributed by atoms with E-state index in [0.29, 0.717) is 0 Å². The Morgan fingerprint density at radius 1 is 0.655 bits per heavy atom. The average Bonchev–Trinajstić information content (AvgIpc) is 2.79. The van der Waals surface area contributed by atoms with Gasteiger partial charge in [0, 0.05) is 11.3 Å². The SMILES string of the molecule is Fc1ccc(C(C#Cc2ccccc2)Nc2cccc(-c3ccccc3)c2)cc1. The second kappa shape index (κ2) is 8.91. The van der Waals surface area contributed by atoms with Crippen LogP contribution in [0.1, 0.15) is 17.2 Å². The van der Waals surface area contributed by atoms with Crippen LogP contribution >= 0.6 is 0 Å². The molecule has 0 amide bonds. The summed E-state index contributed by atoms with van der Waals surface area (Å²) >= 11 is 0. The van der Waals surface area contributed by atoms with Crippen LogP contribution in [0.2, 0.25) is 0 Å². The van der Waals surface area contributed by atoms with Crippen molar-refractivity contribution in [1.82, 2.24) is 0 Å². The predicted molar refractivity (Wildman–Crippen MR) is 118 cm³/mol. The fourth-order valence-corrected chi connectivity index (χ4v) is 3.12. The van der Waals surface area contributed by atoms with Crippen LogP contribution in [-0.4, -0.2) is 0 Å². The summed E-state index contributed by atoms with van der Waals surface area (Å²) in [7, 11) is 0. The van der Waals surface area contributed by atoms with Gasteiger partial charge >= 0.3 is 0 Å². The Balaban J connectivity index is 1.65. The molecule has 0 fully saturated rings. The second-order valence-corrected chi connectivity index (χ2v) is 6.71. The van der Waals surface area contributed by atoms with Crippen molar-refractivity contribution in [2.24, 2.45) is 0 Å². The Labute approximate surface area is 170 Å². The lowest BCUT2D eigenvalue weighted by atomic mass is 10.0. The Hall–Kier alpha value is -3.83. The molecule has 1 nitrogen and oxygen atoms in total. The largest absolute Gasteiger partial charge is 0.368 e. The van der Waals surface area contributed by atoms with Crippen molar-refractivity contribution in [2.45, 2.75) is 6.04 Å². The Kier molecular flexibility index (Phi) is 5.69. The topological polar surface area (TPSA) is 12.0 Å². The summed E-state index contributed by atoms with van der Waals surface area (Å²) in [4.78, 5) is 0. The third-order valence-electron chi connectivity index (χ3n) is 4.62. The summed E-state index contributed by atoms with van der Waals surface area (Å²) in [6.45, 7) is 0. The van der Waals surface area contributed by atoms with E-state index in [0.717, 1.165) is 27.9 Å². The first-order valence-corrected chi connectivity index (χ1v) is 9.52. The maximum atomic E-state index is 13.4. The molecular formula is C27H20FN. The molecule has 4 aromatic carbocycles. The Bertz CT molecular complexity index is 1120. The number of benzene rings is 4. The molecule has 0 bridgehead atoms. The molecule has 0 radical (unpaired) electrons. The third-order valence-corrected chi connectivity index (χ3v) is 4.62. The number of halogens is 1. The van der Waals surface area contributed by atoms with Crippen LogP contribution in [0, 0.1) is 17.7 Å². The minimum atomic E-state index is -0.262. The van der Waals surface area contributed by atoms with Crippen molar-refractivity contribution in [3.63, 3.8) is 0 Å². The van der Waals surface area contributed by atoms with Gasteiger partial charge in [0.15, 0.2) is 0 Å². The second-order valence-electron chi connectivity index (χ2n) is 6.71. The molecule has 140 valence electrons. The fraction of sp³-hybridized carbons (Fsp3) is 0.0370. The molecule has 0 aliphatic carbocycles. The molecule has 0 aromatic heterocycles. The number of anilines is 1. The lowest BCUT2D eigenvalue weighted by Gasteiger charge is -2.16. The van der Waals surface area contributed by atoms with Gasteiger partial charge in [-0.25, -0.2) is 4.39 Å². The fourth-order valence-electron chi connectivity index (χ4n) is 3.12. The maximum absolute atomic E-state index is 13.4. The zero-order valence-corrected chi connectivity index (χ0v) is 15.8. The Morgan fingerprint density at radius 3 is 2.03 bits per heavy atom. The zero-order chi connectivity index (χ0) is 19.9. The van der Waals surface area contributed by atoms with Gasteiger partial charge in [-0.2, -0.15) is 0 Å². The van der Waals surface area contributed by atoms with Gasteiger partial charge in [-0.05, 0) is 53.1 Å². The lowest BCUT2D eigenvalue weighted by Crippen LogP contribution is -2.09. The van der Waals surface area contributed by atoms with Crippen LogP contribution in [0.15, 0.2) is 109 Å². The third kappa shape index (κ3) is 4.91. The highest BCUT2D eigenvalue weighted by Gasteiger charge is 2.09. The summed E-state index contributed by atoms with van der Waals surface area (Å²) in [5, 5.41) is 3.50. The summed E-state index contributed by atoms with van der Waals surface area (Å²) < 4.78 is 13.4. The summed E-state index contributed by atoms with van der Waals surface area (Å²) in [6, 6.07) is 34.6. The first-order chi connectivity index (χ1) is 14.3. The van der Waals surface area contributed by atoms with Crippen molar-refractivity contribution in [3.8, 4) is 23.0 Å². The van der Waals surface area contributed by atoms with E-state index < -0.39 is 0 Å². The first kappa shape index (κ1) is 18.5. The molecule has 0 spiro atoms. The minimum absolute atomic E-state index is 0.255. The van der Waals surface area contributed by atoms with Crippen molar-refractivity contribution in [3.05, 3.63) is 126 Å². The van der Waals surface area contributed by atoms with Crippen LogP contribution in [0.25, 0.3) is 11.1 Å². The molecular weight excluding hydrogens is 357 g/mol. The summed E-state index contributed by atoms with van der Waals surface area (Å²) in [6.07, 6.45) is 0. The van der Waals surface area contributed by atoms with Gasteiger partial charge in [0.2, 0.25) is 0 Å². The van der Waals surface area contributed by atoms with Gasteiger partial charge in [0.25, 0.3) is 0 Å². The Morgan fingerprint density at radius 2 is 1.31 bits per heavy atom. The molecule has 1 N–H and O–H groups in total. The molecule has 0 heterocycles. The van der Waals surface area contributed by atoms with Gasteiger partial charge < -0.3 is 5.32 Å². The van der Waals surface area contributed by atoms with E-state index in [1.165, 1.54) is 12.1 Å². The number of nitrogens with one attached hydrogen (secondary N) is 1. The highest BCUT2D eigenvalue weighted by atomic mass is 19.1. The molecule has 0 aliphatic rings. The number of hydrogen-bond acceptors (Lipinski definition) is 1. The van der Waals surface area contributed by atoms with Gasteiger partial charge in [-0.1, -0.05) is 84.6 Å². The molecule has 29 heavy (non-hydrogen) atoms. The highest BCUT2D eigenvalue weighted by Crippen LogP contribution is 2.25. The molecule has 4 aromatic rings. The highest BCUT2D eigenvalue weighted by molar-refractivity contribution is 5.68. The average molecular weight is 377 g/mol. The molecule has 0 saturated heterocycles. The van der Waals surface area contributed by atoms with Gasteiger partial charge in [-0.15, -0.1) is 0 Å². The maximum Gasteiger partial charge on any atom is 0.123 e. The zero-order valence-electron chi connectivity index (χ0n) is 15.8. The molecule has 1 unspecified atom stereocenters. The van der Waals surface area contributed by atoms with Crippen LogP contribution < -0.4 is 5.32 Å². The standard InChI is InChI=1S/C27H20FN/c28-25-17-15-23(16-18-25)27(19-14-21-8-3-1-4-9-21)29-26-13-7-12-24(20-26)22-10-5-2-6-11-22/h1-13,15-18,20,27,29H. The van der Waals surface area contributed by atoms with Crippen LogP contribution in [0.4, 0.5) is 10.1 Å². The van der Waals surface area contributed by atoms with Crippen LogP contribution in [0.5, 0.6) is 0 Å². The van der Waals surface area contributed by atoms with Crippen molar-refractivity contribution >= 4 is 5.69 Å². The monoisotopic (exact) mass is 377 g/mol. The van der Waals surface area contributed by atoms with E-state index in [9.17, 15) is 4.39 Å². The van der Waals surface area contributed by atoms with Gasteiger partial charge in [0.05, 0.1) is 0 Å². The molecule has 4 rings (SSSR count). The summed E-state index contributed by atoms with van der Waals surface area (Å²) in [5.74, 6) is 6.26. The van der Waals surface area contributed by atoms with E-state index in [4.69, 9.17) is 0 Å². The van der Waals surface area contributed by atoms with Crippen molar-refractivity contribution in [2.75, 3.05) is 5.32 Å². The molecule has 0 aliphatic heterocycles. The van der Waals surface area contributed by atoms with E-state index >= 15 is 0 Å². The summed E-state index contributed by atoms with van der Waals surface area (Å²) in [5.41, 5.74) is 5.11. The number of rotatable bonds is 4. The van der Waals surface area contributed by atoms with Crippen LogP contribution in [-0.2, 0) is 0 Å². The quantitative estimate of drug-likeness (QED) is 0.390. The first-order valence-electron chi connectivity index (χ1n) is 9.52. The van der Waals surface area contributed by atoms with E-state index in [2.05, 4.69) is 41.4 Å². The van der Waals surface area contributed by atoms with Gasteiger partial charge in [0.1, 0.15) is 11.9 Å². The number of hydrogen-bond donors (Lipinski definition) is 1. The smallest absolute Gasteiger partial charge is 0.123 e. The predicted octanol–water partition coefficient (Wildman–Crippen LogP) is 6.70.